The minimum Gasteiger partial charge on any atom is -0.622 e. The quantitative estimate of drug-likeness (QED) is 0.753. The van der Waals surface area contributed by atoms with Gasteiger partial charge < -0.3 is 15.2 Å². The Kier molecular flexibility index (Phi) is 5.73. The maximum Gasteiger partial charge on any atom is 1.00 e. The number of benzene rings is 2. The molecule has 4 nitrogen and oxygen atoms in total. The minimum atomic E-state index is -1.49. The number of aliphatic hydroxyl groups excluding tert-OH is 1. The van der Waals surface area contributed by atoms with E-state index in [1.807, 2.05) is 30.3 Å². The SMILES string of the molecule is O=C1[N-]c2ccc(Cl)cc2C(c2ccccc2)=NC1O.[K+]. The fraction of sp³-hybridized carbons (Fsp3) is 0.0667. The second-order valence-corrected chi connectivity index (χ2v) is 4.77. The standard InChI is InChI=1S/C15H11ClN2O2.K/c16-10-6-7-12-11(8-10)13(9-4-2-1-3-5-9)18-15(20)14(19)17-12;/h1-8,15,20H,(H,17,18,19);/q;+1/p-1. The minimum absolute atomic E-state index is 0. The van der Waals surface area contributed by atoms with Crippen LogP contribution >= 0.6 is 11.6 Å². The van der Waals surface area contributed by atoms with Crippen LogP contribution in [0.1, 0.15) is 11.1 Å². The first-order chi connectivity index (χ1) is 9.65. The van der Waals surface area contributed by atoms with Crippen molar-refractivity contribution in [3.8, 4) is 0 Å². The first kappa shape index (κ1) is 16.8. The van der Waals surface area contributed by atoms with E-state index >= 15 is 0 Å². The van der Waals surface area contributed by atoms with Gasteiger partial charge in [0.15, 0.2) is 6.23 Å². The molecular formula is C15H10ClKN2O2. The Bertz CT molecular complexity index is 704. The van der Waals surface area contributed by atoms with Gasteiger partial charge in [-0.2, -0.15) is 0 Å². The molecule has 1 N–H and O–H groups in total. The third-order valence-corrected chi connectivity index (χ3v) is 3.20. The molecular weight excluding hydrogens is 315 g/mol. The van der Waals surface area contributed by atoms with Crippen molar-refractivity contribution in [2.75, 3.05) is 0 Å². The third kappa shape index (κ3) is 3.63. The van der Waals surface area contributed by atoms with Crippen molar-refractivity contribution < 1.29 is 61.3 Å². The maximum atomic E-state index is 11.7. The fourth-order valence-corrected chi connectivity index (χ4v) is 2.22. The summed E-state index contributed by atoms with van der Waals surface area (Å²) in [5.74, 6) is -0.681. The largest absolute Gasteiger partial charge is 1.00 e. The second kappa shape index (κ2) is 7.15. The normalized spacial score (nSPS) is 17.0. The molecule has 0 bridgehead atoms. The zero-order valence-electron chi connectivity index (χ0n) is 11.3. The summed E-state index contributed by atoms with van der Waals surface area (Å²) in [7, 11) is 0. The molecule has 0 aliphatic carbocycles. The first-order valence-electron chi connectivity index (χ1n) is 6.02. The van der Waals surface area contributed by atoms with Crippen LogP contribution in [0.2, 0.25) is 5.02 Å². The van der Waals surface area contributed by atoms with E-state index in [-0.39, 0.29) is 51.4 Å². The summed E-state index contributed by atoms with van der Waals surface area (Å²) in [5.41, 5.74) is 2.39. The Morgan fingerprint density at radius 1 is 1.14 bits per heavy atom. The van der Waals surface area contributed by atoms with Crippen LogP contribution in [0.3, 0.4) is 0 Å². The number of rotatable bonds is 1. The number of aliphatic imine (C=N–C) groups is 1. The number of carbonyl (C=O) groups excluding carboxylic acids is 1. The Morgan fingerprint density at radius 2 is 1.86 bits per heavy atom. The van der Waals surface area contributed by atoms with Gasteiger partial charge in [-0.25, -0.2) is 4.99 Å². The van der Waals surface area contributed by atoms with E-state index in [4.69, 9.17) is 11.6 Å². The predicted molar refractivity (Wildman–Crippen MR) is 77.6 cm³/mol. The second-order valence-electron chi connectivity index (χ2n) is 4.33. The molecule has 6 heteroatoms. The summed E-state index contributed by atoms with van der Waals surface area (Å²) in [4.78, 5) is 15.8. The average Bonchev–Trinajstić information content (AvgIpc) is 2.58. The molecule has 1 aliphatic rings. The number of nitrogens with zero attached hydrogens (tertiary/aromatic N) is 2. The zero-order chi connectivity index (χ0) is 14.1. The molecule has 3 rings (SSSR count). The van der Waals surface area contributed by atoms with Crippen molar-refractivity contribution in [3.05, 3.63) is 70.0 Å². The Morgan fingerprint density at radius 3 is 2.57 bits per heavy atom. The van der Waals surface area contributed by atoms with Crippen molar-refractivity contribution in [2.45, 2.75) is 6.23 Å². The summed E-state index contributed by atoms with van der Waals surface area (Å²) in [6, 6.07) is 14.3. The van der Waals surface area contributed by atoms with Crippen molar-refractivity contribution in [1.82, 2.24) is 0 Å². The van der Waals surface area contributed by atoms with E-state index < -0.39 is 12.1 Å². The number of carbonyl (C=O) groups is 1. The van der Waals surface area contributed by atoms with Gasteiger partial charge in [-0.05, 0) is 17.7 Å². The number of aliphatic hydroxyl groups is 1. The summed E-state index contributed by atoms with van der Waals surface area (Å²) in [6.45, 7) is 0. The van der Waals surface area contributed by atoms with Gasteiger partial charge >= 0.3 is 51.4 Å². The first-order valence-corrected chi connectivity index (χ1v) is 6.40. The van der Waals surface area contributed by atoms with E-state index in [9.17, 15) is 9.90 Å². The van der Waals surface area contributed by atoms with Gasteiger partial charge in [0.2, 0.25) is 0 Å². The average molecular weight is 325 g/mol. The predicted octanol–water partition coefficient (Wildman–Crippen LogP) is 0.0452. The molecule has 1 atom stereocenters. The molecule has 0 saturated carbocycles. The number of fused-ring (bicyclic) bond motifs is 1. The fourth-order valence-electron chi connectivity index (χ4n) is 2.04. The summed E-state index contributed by atoms with van der Waals surface area (Å²) in [6.07, 6.45) is -1.49. The molecule has 0 spiro atoms. The molecule has 1 aliphatic heterocycles. The van der Waals surface area contributed by atoms with Gasteiger partial charge in [0.05, 0.1) is 5.71 Å². The molecule has 0 fully saturated rings. The summed E-state index contributed by atoms with van der Waals surface area (Å²) >= 11 is 6.01. The Hall–Kier alpha value is -0.534. The maximum absolute atomic E-state index is 11.7. The Labute approximate surface area is 169 Å². The molecule has 2 aromatic carbocycles. The van der Waals surface area contributed by atoms with E-state index in [1.54, 1.807) is 18.2 Å². The summed E-state index contributed by atoms with van der Waals surface area (Å²) in [5, 5.41) is 14.2. The van der Waals surface area contributed by atoms with Gasteiger partial charge in [-0.15, -0.1) is 5.69 Å². The van der Waals surface area contributed by atoms with Gasteiger partial charge in [-0.3, -0.25) is 0 Å². The summed E-state index contributed by atoms with van der Waals surface area (Å²) < 4.78 is 0. The van der Waals surface area contributed by atoms with Crippen LogP contribution in [0.15, 0.2) is 53.5 Å². The van der Waals surface area contributed by atoms with Crippen molar-refractivity contribution in [3.63, 3.8) is 0 Å². The number of hydrogen-bond donors (Lipinski definition) is 1. The van der Waals surface area contributed by atoms with E-state index in [0.717, 1.165) is 5.56 Å². The van der Waals surface area contributed by atoms with Gasteiger partial charge in [0.25, 0.3) is 0 Å². The van der Waals surface area contributed by atoms with Gasteiger partial charge in [0.1, 0.15) is 5.91 Å². The van der Waals surface area contributed by atoms with Crippen LogP contribution < -0.4 is 51.4 Å². The molecule has 0 radical (unpaired) electrons. The zero-order valence-corrected chi connectivity index (χ0v) is 15.2. The van der Waals surface area contributed by atoms with E-state index in [1.165, 1.54) is 0 Å². The number of benzodiazepines with no additional fused rings is 1. The van der Waals surface area contributed by atoms with E-state index in [0.29, 0.717) is 22.0 Å². The van der Waals surface area contributed by atoms with Gasteiger partial charge in [-0.1, -0.05) is 48.0 Å². The van der Waals surface area contributed by atoms with Crippen LogP contribution in [0.4, 0.5) is 5.69 Å². The van der Waals surface area contributed by atoms with Crippen LogP contribution in [0.5, 0.6) is 0 Å². The molecule has 100 valence electrons. The molecule has 21 heavy (non-hydrogen) atoms. The number of halogens is 1. The number of hydrogen-bond acceptors (Lipinski definition) is 3. The van der Waals surface area contributed by atoms with Crippen molar-refractivity contribution in [2.24, 2.45) is 4.99 Å². The molecule has 1 amide bonds. The van der Waals surface area contributed by atoms with Crippen LogP contribution in [-0.4, -0.2) is 23.0 Å². The van der Waals surface area contributed by atoms with E-state index in [2.05, 4.69) is 10.3 Å². The molecule has 0 aromatic heterocycles. The molecule has 1 heterocycles. The van der Waals surface area contributed by atoms with Gasteiger partial charge in [0, 0.05) is 10.6 Å². The van der Waals surface area contributed by atoms with Crippen molar-refractivity contribution in [1.29, 1.82) is 0 Å². The molecule has 1 unspecified atom stereocenters. The molecule has 2 aromatic rings. The molecule has 0 saturated heterocycles. The Balaban J connectivity index is 0.00000161. The topological polar surface area (TPSA) is 63.8 Å². The van der Waals surface area contributed by atoms with Crippen LogP contribution in [-0.2, 0) is 4.79 Å². The van der Waals surface area contributed by atoms with Crippen LogP contribution in [0, 0.1) is 0 Å². The smallest absolute Gasteiger partial charge is 0.622 e. The number of amides is 1. The van der Waals surface area contributed by atoms with Crippen LogP contribution in [0.25, 0.3) is 5.32 Å². The monoisotopic (exact) mass is 324 g/mol. The van der Waals surface area contributed by atoms with Crippen molar-refractivity contribution >= 4 is 28.9 Å². The third-order valence-electron chi connectivity index (χ3n) is 2.96.